The van der Waals surface area contributed by atoms with Gasteiger partial charge >= 0.3 is 5.97 Å². The van der Waals surface area contributed by atoms with E-state index >= 15 is 0 Å². The van der Waals surface area contributed by atoms with Gasteiger partial charge in [-0.25, -0.2) is 0 Å². The number of amides is 1. The third-order valence-corrected chi connectivity index (χ3v) is 3.40. The molecule has 0 aliphatic heterocycles. The summed E-state index contributed by atoms with van der Waals surface area (Å²) in [6, 6.07) is 8.06. The maximum absolute atomic E-state index is 11.7. The van der Waals surface area contributed by atoms with Crippen molar-refractivity contribution in [1.29, 1.82) is 0 Å². The van der Waals surface area contributed by atoms with Gasteiger partial charge in [0.05, 0.1) is 5.92 Å². The maximum Gasteiger partial charge on any atom is 0.308 e. The van der Waals surface area contributed by atoms with E-state index in [0.29, 0.717) is 12.8 Å². The van der Waals surface area contributed by atoms with Gasteiger partial charge in [0.2, 0.25) is 5.91 Å². The Balaban J connectivity index is 2.36. The lowest BCUT2D eigenvalue weighted by molar-refractivity contribution is -0.143. The second-order valence-corrected chi connectivity index (χ2v) is 5.48. The van der Waals surface area contributed by atoms with Crippen LogP contribution in [0.1, 0.15) is 31.4 Å². The molecular formula is C16H23NO3. The van der Waals surface area contributed by atoms with E-state index in [0.717, 1.165) is 5.56 Å². The summed E-state index contributed by atoms with van der Waals surface area (Å²) in [5, 5.41) is 11.7. The fraction of sp³-hybridized carbons (Fsp3) is 0.500. The van der Waals surface area contributed by atoms with Crippen LogP contribution in [0.5, 0.6) is 0 Å². The number of rotatable bonds is 7. The third-order valence-electron chi connectivity index (χ3n) is 3.40. The molecule has 1 amide bonds. The Bertz CT molecular complexity index is 451. The SMILES string of the molecule is Cc1ccc(CCC(=O)NCC(C(=O)O)C(C)C)cc1. The predicted octanol–water partition coefficient (Wildman–Crippen LogP) is 2.40. The van der Waals surface area contributed by atoms with Gasteiger partial charge < -0.3 is 10.4 Å². The highest BCUT2D eigenvalue weighted by atomic mass is 16.4. The first-order chi connectivity index (χ1) is 9.40. The van der Waals surface area contributed by atoms with Crippen molar-refractivity contribution in [3.63, 3.8) is 0 Å². The van der Waals surface area contributed by atoms with Crippen LogP contribution in [0, 0.1) is 18.8 Å². The van der Waals surface area contributed by atoms with Gasteiger partial charge in [0, 0.05) is 13.0 Å². The Morgan fingerprint density at radius 3 is 2.30 bits per heavy atom. The number of benzene rings is 1. The Morgan fingerprint density at radius 2 is 1.80 bits per heavy atom. The number of carboxylic acid groups (broad SMARTS) is 1. The fourth-order valence-corrected chi connectivity index (χ4v) is 1.93. The summed E-state index contributed by atoms with van der Waals surface area (Å²) in [6.45, 7) is 5.91. The van der Waals surface area contributed by atoms with E-state index in [1.807, 2.05) is 45.0 Å². The van der Waals surface area contributed by atoms with Crippen molar-refractivity contribution in [3.8, 4) is 0 Å². The lowest BCUT2D eigenvalue weighted by Gasteiger charge is -2.16. The zero-order valence-electron chi connectivity index (χ0n) is 12.3. The monoisotopic (exact) mass is 277 g/mol. The molecule has 1 aromatic rings. The molecule has 0 aliphatic carbocycles. The van der Waals surface area contributed by atoms with Crippen LogP contribution in [0.3, 0.4) is 0 Å². The number of hydrogen-bond donors (Lipinski definition) is 2. The Kier molecular flexibility index (Phi) is 6.22. The standard InChI is InChI=1S/C16H23NO3/c1-11(2)14(16(19)20)10-17-15(18)9-8-13-6-4-12(3)5-7-13/h4-7,11,14H,8-10H2,1-3H3,(H,17,18)(H,19,20). The number of carbonyl (C=O) groups excluding carboxylic acids is 1. The molecule has 0 aromatic heterocycles. The minimum atomic E-state index is -0.862. The Morgan fingerprint density at radius 1 is 1.20 bits per heavy atom. The summed E-state index contributed by atoms with van der Waals surface area (Å²) < 4.78 is 0. The smallest absolute Gasteiger partial charge is 0.308 e. The van der Waals surface area contributed by atoms with Gasteiger partial charge in [-0.05, 0) is 24.8 Å². The average Bonchev–Trinajstić information content (AvgIpc) is 2.37. The van der Waals surface area contributed by atoms with Crippen molar-refractivity contribution in [1.82, 2.24) is 5.32 Å². The average molecular weight is 277 g/mol. The summed E-state index contributed by atoms with van der Waals surface area (Å²) in [4.78, 5) is 22.7. The van der Waals surface area contributed by atoms with Crippen molar-refractivity contribution in [3.05, 3.63) is 35.4 Å². The van der Waals surface area contributed by atoms with Crippen molar-refractivity contribution < 1.29 is 14.7 Å². The normalized spacial score (nSPS) is 12.2. The third kappa shape index (κ3) is 5.43. The molecule has 2 N–H and O–H groups in total. The second-order valence-electron chi connectivity index (χ2n) is 5.48. The molecule has 4 nitrogen and oxygen atoms in total. The second kappa shape index (κ2) is 7.68. The van der Waals surface area contributed by atoms with E-state index in [-0.39, 0.29) is 18.4 Å². The van der Waals surface area contributed by atoms with E-state index in [1.54, 1.807) is 0 Å². The minimum Gasteiger partial charge on any atom is -0.481 e. The van der Waals surface area contributed by atoms with Crippen LogP contribution in [0.25, 0.3) is 0 Å². The molecule has 1 atom stereocenters. The van der Waals surface area contributed by atoms with Crippen LogP contribution in [-0.2, 0) is 16.0 Å². The highest BCUT2D eigenvalue weighted by Gasteiger charge is 2.21. The molecule has 1 rings (SSSR count). The number of aliphatic carboxylic acids is 1. The first-order valence-corrected chi connectivity index (χ1v) is 6.95. The topological polar surface area (TPSA) is 66.4 Å². The van der Waals surface area contributed by atoms with Gasteiger partial charge in [-0.1, -0.05) is 43.7 Å². The lowest BCUT2D eigenvalue weighted by Crippen LogP contribution is -2.35. The van der Waals surface area contributed by atoms with E-state index in [4.69, 9.17) is 5.11 Å². The Hall–Kier alpha value is -1.84. The number of aryl methyl sites for hydroxylation is 2. The van der Waals surface area contributed by atoms with E-state index in [2.05, 4.69) is 5.32 Å². The predicted molar refractivity (Wildman–Crippen MR) is 78.5 cm³/mol. The zero-order valence-corrected chi connectivity index (χ0v) is 12.3. The first kappa shape index (κ1) is 16.2. The van der Waals surface area contributed by atoms with Gasteiger partial charge in [0.1, 0.15) is 0 Å². The minimum absolute atomic E-state index is 0.00454. The summed E-state index contributed by atoms with van der Waals surface area (Å²) >= 11 is 0. The van der Waals surface area contributed by atoms with E-state index in [9.17, 15) is 9.59 Å². The first-order valence-electron chi connectivity index (χ1n) is 6.95. The summed E-state index contributed by atoms with van der Waals surface area (Å²) in [6.07, 6.45) is 1.05. The molecule has 1 aromatic carbocycles. The van der Waals surface area contributed by atoms with Crippen LogP contribution >= 0.6 is 0 Å². The molecule has 0 spiro atoms. The molecule has 0 fully saturated rings. The maximum atomic E-state index is 11.7. The van der Waals surface area contributed by atoms with Crippen molar-refractivity contribution in [2.24, 2.45) is 11.8 Å². The van der Waals surface area contributed by atoms with Gasteiger partial charge in [-0.2, -0.15) is 0 Å². The largest absolute Gasteiger partial charge is 0.481 e. The molecule has 0 heterocycles. The van der Waals surface area contributed by atoms with Crippen molar-refractivity contribution >= 4 is 11.9 Å². The van der Waals surface area contributed by atoms with E-state index < -0.39 is 11.9 Å². The number of hydrogen-bond acceptors (Lipinski definition) is 2. The molecule has 0 bridgehead atoms. The number of carbonyl (C=O) groups is 2. The molecular weight excluding hydrogens is 254 g/mol. The summed E-state index contributed by atoms with van der Waals surface area (Å²) in [7, 11) is 0. The molecule has 4 heteroatoms. The molecule has 0 saturated heterocycles. The quantitative estimate of drug-likeness (QED) is 0.804. The van der Waals surface area contributed by atoms with Gasteiger partial charge in [0.25, 0.3) is 0 Å². The number of nitrogens with one attached hydrogen (secondary N) is 1. The van der Waals surface area contributed by atoms with Crippen LogP contribution < -0.4 is 5.32 Å². The van der Waals surface area contributed by atoms with E-state index in [1.165, 1.54) is 5.56 Å². The molecule has 1 unspecified atom stereocenters. The highest BCUT2D eigenvalue weighted by molar-refractivity contribution is 5.77. The van der Waals surface area contributed by atoms with Crippen LogP contribution in [0.15, 0.2) is 24.3 Å². The van der Waals surface area contributed by atoms with Crippen molar-refractivity contribution in [2.75, 3.05) is 6.54 Å². The van der Waals surface area contributed by atoms with Gasteiger partial charge in [0.15, 0.2) is 0 Å². The molecule has 20 heavy (non-hydrogen) atoms. The van der Waals surface area contributed by atoms with Gasteiger partial charge in [-0.15, -0.1) is 0 Å². The fourth-order valence-electron chi connectivity index (χ4n) is 1.93. The van der Waals surface area contributed by atoms with Crippen LogP contribution in [0.4, 0.5) is 0 Å². The van der Waals surface area contributed by atoms with Crippen LogP contribution in [-0.4, -0.2) is 23.5 Å². The highest BCUT2D eigenvalue weighted by Crippen LogP contribution is 2.10. The summed E-state index contributed by atoms with van der Waals surface area (Å²) in [5.41, 5.74) is 2.31. The molecule has 0 aliphatic rings. The van der Waals surface area contributed by atoms with Crippen molar-refractivity contribution in [2.45, 2.75) is 33.6 Å². The number of carboxylic acids is 1. The lowest BCUT2D eigenvalue weighted by atomic mass is 9.96. The molecule has 110 valence electrons. The van der Waals surface area contributed by atoms with Gasteiger partial charge in [-0.3, -0.25) is 9.59 Å². The summed E-state index contributed by atoms with van der Waals surface area (Å²) in [5.74, 6) is -1.49. The molecule has 0 radical (unpaired) electrons. The zero-order chi connectivity index (χ0) is 15.1. The molecule has 0 saturated carbocycles. The van der Waals surface area contributed by atoms with Crippen LogP contribution in [0.2, 0.25) is 0 Å². The Labute approximate surface area is 120 Å².